The van der Waals surface area contributed by atoms with Crippen LogP contribution in [-0.2, 0) is 11.3 Å². The van der Waals surface area contributed by atoms with Crippen LogP contribution in [0.3, 0.4) is 0 Å². The average Bonchev–Trinajstić information content (AvgIpc) is 3.12. The van der Waals surface area contributed by atoms with Crippen LogP contribution >= 0.6 is 15.9 Å². The van der Waals surface area contributed by atoms with E-state index in [0.717, 1.165) is 27.1 Å². The number of ether oxygens (including phenoxy) is 1. The maximum absolute atomic E-state index is 12.0. The molecule has 0 saturated heterocycles. The molecule has 0 bridgehead atoms. The lowest BCUT2D eigenvalue weighted by Gasteiger charge is -2.19. The van der Waals surface area contributed by atoms with Gasteiger partial charge in [-0.3, -0.25) is 9.72 Å². The number of hydrogen-bond donors (Lipinski definition) is 2. The zero-order chi connectivity index (χ0) is 22.7. The minimum absolute atomic E-state index is 0.373. The zero-order valence-electron chi connectivity index (χ0n) is 18.0. The van der Waals surface area contributed by atoms with Gasteiger partial charge in [-0.05, 0) is 48.3 Å². The Hall–Kier alpha value is -3.46. The Morgan fingerprint density at radius 1 is 1.09 bits per heavy atom. The molecule has 0 unspecified atom stereocenters. The number of imidazole rings is 1. The Kier molecular flexibility index (Phi) is 6.09. The first kappa shape index (κ1) is 21.8. The number of nitrogens with one attached hydrogen (secondary N) is 2. The SMILES string of the molecule is CC(C)(C)OC(=O)Nc1cc(CNc2cc(-c3ccccc3)cn3c(Br)cnc23)ncn1. The van der Waals surface area contributed by atoms with E-state index in [9.17, 15) is 4.79 Å². The largest absolute Gasteiger partial charge is 0.444 e. The predicted molar refractivity (Wildman–Crippen MR) is 128 cm³/mol. The summed E-state index contributed by atoms with van der Waals surface area (Å²) in [6.07, 6.45) is 4.66. The first-order valence-corrected chi connectivity index (χ1v) is 10.8. The van der Waals surface area contributed by atoms with Gasteiger partial charge in [0.25, 0.3) is 0 Å². The number of pyridine rings is 1. The number of aromatic nitrogens is 4. The summed E-state index contributed by atoms with van der Waals surface area (Å²) in [7, 11) is 0. The zero-order valence-corrected chi connectivity index (χ0v) is 19.5. The highest BCUT2D eigenvalue weighted by Gasteiger charge is 2.17. The molecule has 4 rings (SSSR count). The Morgan fingerprint density at radius 3 is 2.62 bits per heavy atom. The van der Waals surface area contributed by atoms with E-state index in [-0.39, 0.29) is 0 Å². The number of hydrogen-bond acceptors (Lipinski definition) is 6. The summed E-state index contributed by atoms with van der Waals surface area (Å²) in [5.41, 5.74) is 3.92. The Balaban J connectivity index is 1.55. The van der Waals surface area contributed by atoms with Gasteiger partial charge in [-0.15, -0.1) is 0 Å². The van der Waals surface area contributed by atoms with Crippen LogP contribution in [0.1, 0.15) is 26.5 Å². The molecule has 8 nitrogen and oxygen atoms in total. The summed E-state index contributed by atoms with van der Waals surface area (Å²) in [5, 5.41) is 6.05. The van der Waals surface area contributed by atoms with Crippen molar-refractivity contribution in [3.8, 4) is 11.1 Å². The molecule has 0 radical (unpaired) electrons. The van der Waals surface area contributed by atoms with Crippen molar-refractivity contribution >= 4 is 39.2 Å². The molecule has 0 atom stereocenters. The third-order valence-corrected chi connectivity index (χ3v) is 5.07. The van der Waals surface area contributed by atoms with E-state index < -0.39 is 11.7 Å². The second-order valence-corrected chi connectivity index (χ2v) is 8.97. The molecule has 4 aromatic rings. The summed E-state index contributed by atoms with van der Waals surface area (Å²) >= 11 is 3.56. The summed E-state index contributed by atoms with van der Waals surface area (Å²) < 4.78 is 8.12. The number of carbonyl (C=O) groups excluding carboxylic acids is 1. The van der Waals surface area contributed by atoms with Crippen molar-refractivity contribution in [1.82, 2.24) is 19.4 Å². The molecule has 0 aliphatic carbocycles. The Labute approximate surface area is 194 Å². The second-order valence-electron chi connectivity index (χ2n) is 8.16. The van der Waals surface area contributed by atoms with E-state index in [4.69, 9.17) is 4.74 Å². The number of nitrogens with zero attached hydrogens (tertiary/aromatic N) is 4. The van der Waals surface area contributed by atoms with Crippen LogP contribution < -0.4 is 10.6 Å². The first-order valence-electron chi connectivity index (χ1n) is 10.1. The van der Waals surface area contributed by atoms with E-state index in [1.54, 1.807) is 33.0 Å². The van der Waals surface area contributed by atoms with E-state index in [1.165, 1.54) is 6.33 Å². The van der Waals surface area contributed by atoms with Gasteiger partial charge in [0.1, 0.15) is 22.3 Å². The predicted octanol–water partition coefficient (Wildman–Crippen LogP) is 5.51. The van der Waals surface area contributed by atoms with E-state index in [1.807, 2.05) is 28.8 Å². The molecular weight excluding hydrogens is 472 g/mol. The summed E-state index contributed by atoms with van der Waals surface area (Å²) in [6.45, 7) is 5.84. The molecule has 9 heteroatoms. The number of fused-ring (bicyclic) bond motifs is 1. The molecule has 0 aliphatic heterocycles. The quantitative estimate of drug-likeness (QED) is 0.379. The van der Waals surface area contributed by atoms with Gasteiger partial charge >= 0.3 is 6.09 Å². The minimum Gasteiger partial charge on any atom is -0.444 e. The number of rotatable bonds is 5. The van der Waals surface area contributed by atoms with Crippen LogP contribution in [0.4, 0.5) is 16.3 Å². The van der Waals surface area contributed by atoms with Gasteiger partial charge in [-0.1, -0.05) is 30.3 Å². The van der Waals surface area contributed by atoms with E-state index in [0.29, 0.717) is 18.1 Å². The third-order valence-electron chi connectivity index (χ3n) is 4.48. The third kappa shape index (κ3) is 5.23. The molecule has 0 saturated carbocycles. The molecule has 3 heterocycles. The molecule has 1 amide bonds. The van der Waals surface area contributed by atoms with Gasteiger partial charge in [0, 0.05) is 17.8 Å². The van der Waals surface area contributed by atoms with Gasteiger partial charge in [-0.25, -0.2) is 19.7 Å². The van der Waals surface area contributed by atoms with Crippen LogP contribution in [0, 0.1) is 0 Å². The number of halogens is 1. The number of anilines is 2. The molecule has 1 aromatic carbocycles. The fourth-order valence-corrected chi connectivity index (χ4v) is 3.51. The van der Waals surface area contributed by atoms with Crippen molar-refractivity contribution in [2.75, 3.05) is 10.6 Å². The molecular formula is C23H23BrN6O2. The van der Waals surface area contributed by atoms with Crippen LogP contribution in [0.15, 0.2) is 65.8 Å². The van der Waals surface area contributed by atoms with E-state index >= 15 is 0 Å². The van der Waals surface area contributed by atoms with Gasteiger partial charge in [-0.2, -0.15) is 0 Å². The molecule has 164 valence electrons. The lowest BCUT2D eigenvalue weighted by Crippen LogP contribution is -2.27. The summed E-state index contributed by atoms with van der Waals surface area (Å²) in [6, 6.07) is 13.9. The van der Waals surface area contributed by atoms with Crippen molar-refractivity contribution in [2.24, 2.45) is 0 Å². The van der Waals surface area contributed by atoms with Gasteiger partial charge in [0.15, 0.2) is 5.65 Å². The highest BCUT2D eigenvalue weighted by molar-refractivity contribution is 9.10. The Bertz CT molecular complexity index is 1250. The van der Waals surface area contributed by atoms with Crippen LogP contribution in [0.25, 0.3) is 16.8 Å². The lowest BCUT2D eigenvalue weighted by molar-refractivity contribution is 0.0635. The molecule has 3 aromatic heterocycles. The highest BCUT2D eigenvalue weighted by Crippen LogP contribution is 2.28. The van der Waals surface area contributed by atoms with Gasteiger partial charge < -0.3 is 10.1 Å². The topological polar surface area (TPSA) is 93.4 Å². The molecule has 0 fully saturated rings. The van der Waals surface area contributed by atoms with Crippen molar-refractivity contribution in [3.63, 3.8) is 0 Å². The first-order chi connectivity index (χ1) is 15.3. The number of benzene rings is 1. The molecule has 32 heavy (non-hydrogen) atoms. The van der Waals surface area contributed by atoms with Crippen molar-refractivity contribution in [3.05, 3.63) is 71.5 Å². The monoisotopic (exact) mass is 494 g/mol. The maximum atomic E-state index is 12.0. The summed E-state index contributed by atoms with van der Waals surface area (Å²) in [4.78, 5) is 24.9. The summed E-state index contributed by atoms with van der Waals surface area (Å²) in [5.74, 6) is 0.373. The fourth-order valence-electron chi connectivity index (χ4n) is 3.13. The van der Waals surface area contributed by atoms with Crippen LogP contribution in [0.5, 0.6) is 0 Å². The Morgan fingerprint density at radius 2 is 1.88 bits per heavy atom. The van der Waals surface area contributed by atoms with Crippen molar-refractivity contribution < 1.29 is 9.53 Å². The average molecular weight is 495 g/mol. The maximum Gasteiger partial charge on any atom is 0.413 e. The lowest BCUT2D eigenvalue weighted by atomic mass is 10.1. The molecule has 0 aliphatic rings. The second kappa shape index (κ2) is 8.96. The fraction of sp³-hybridized carbons (Fsp3) is 0.217. The number of carbonyl (C=O) groups is 1. The number of amides is 1. The normalized spacial score (nSPS) is 11.4. The van der Waals surface area contributed by atoms with Crippen LogP contribution in [0.2, 0.25) is 0 Å². The smallest absolute Gasteiger partial charge is 0.413 e. The van der Waals surface area contributed by atoms with Crippen molar-refractivity contribution in [2.45, 2.75) is 32.9 Å². The minimum atomic E-state index is -0.588. The highest BCUT2D eigenvalue weighted by atomic mass is 79.9. The standard InChI is InChI=1S/C23H23BrN6O2/c1-23(2,3)32-22(31)29-20-10-17(27-14-28-20)11-25-18-9-16(15-7-5-4-6-8-15)13-30-19(24)12-26-21(18)30/h4-10,12-14,25H,11H2,1-3H3,(H,27,28,29,31). The molecule has 0 spiro atoms. The molecule has 2 N–H and O–H groups in total. The van der Waals surface area contributed by atoms with E-state index in [2.05, 4.69) is 59.7 Å². The van der Waals surface area contributed by atoms with Crippen LogP contribution in [-0.4, -0.2) is 31.0 Å². The van der Waals surface area contributed by atoms with Gasteiger partial charge in [0.2, 0.25) is 0 Å². The van der Waals surface area contributed by atoms with Crippen molar-refractivity contribution in [1.29, 1.82) is 0 Å². The van der Waals surface area contributed by atoms with Gasteiger partial charge in [0.05, 0.1) is 24.1 Å².